The predicted octanol–water partition coefficient (Wildman–Crippen LogP) is 0.129. The summed E-state index contributed by atoms with van der Waals surface area (Å²) >= 11 is 0. The van der Waals surface area contributed by atoms with Crippen LogP contribution < -0.4 is 5.32 Å². The summed E-state index contributed by atoms with van der Waals surface area (Å²) in [5.41, 5.74) is 0.0757. The second-order valence-corrected chi connectivity index (χ2v) is 5.46. The van der Waals surface area contributed by atoms with Crippen LogP contribution in [0.25, 0.3) is 0 Å². The van der Waals surface area contributed by atoms with E-state index in [0.29, 0.717) is 6.61 Å². The first-order valence-corrected chi connectivity index (χ1v) is 7.10. The molecule has 0 spiro atoms. The SMILES string of the molecule is CCCN1CCC(CO)(N2CCNCC2)CC1. The molecule has 0 aliphatic carbocycles. The highest BCUT2D eigenvalue weighted by Crippen LogP contribution is 2.29. The largest absolute Gasteiger partial charge is 0.394 e. The molecule has 0 bridgehead atoms. The average molecular weight is 241 g/mol. The highest BCUT2D eigenvalue weighted by molar-refractivity contribution is 4.96. The van der Waals surface area contributed by atoms with Gasteiger partial charge in [0, 0.05) is 31.7 Å². The summed E-state index contributed by atoms with van der Waals surface area (Å²) in [6.07, 6.45) is 3.49. The summed E-state index contributed by atoms with van der Waals surface area (Å²) in [7, 11) is 0. The molecule has 4 nitrogen and oxygen atoms in total. The zero-order valence-corrected chi connectivity index (χ0v) is 11.1. The Balaban J connectivity index is 1.92. The molecular weight excluding hydrogens is 214 g/mol. The number of aliphatic hydroxyl groups is 1. The average Bonchev–Trinajstić information content (AvgIpc) is 2.41. The van der Waals surface area contributed by atoms with Gasteiger partial charge < -0.3 is 15.3 Å². The summed E-state index contributed by atoms with van der Waals surface area (Å²) in [5, 5.41) is 13.2. The van der Waals surface area contributed by atoms with E-state index in [1.807, 2.05) is 0 Å². The van der Waals surface area contributed by atoms with Gasteiger partial charge in [0.15, 0.2) is 0 Å². The number of piperidine rings is 1. The third-order valence-corrected chi connectivity index (χ3v) is 4.41. The zero-order chi connectivity index (χ0) is 12.1. The first-order valence-electron chi connectivity index (χ1n) is 7.10. The molecule has 0 amide bonds. The maximum absolute atomic E-state index is 9.83. The smallest absolute Gasteiger partial charge is 0.0616 e. The highest BCUT2D eigenvalue weighted by atomic mass is 16.3. The van der Waals surface area contributed by atoms with Crippen LogP contribution >= 0.6 is 0 Å². The van der Waals surface area contributed by atoms with Crippen molar-refractivity contribution in [2.24, 2.45) is 0 Å². The summed E-state index contributed by atoms with van der Waals surface area (Å²) in [5.74, 6) is 0. The van der Waals surface area contributed by atoms with Crippen LogP contribution in [0.1, 0.15) is 26.2 Å². The summed E-state index contributed by atoms with van der Waals surface area (Å²) in [6.45, 7) is 10.4. The minimum absolute atomic E-state index is 0.0757. The van der Waals surface area contributed by atoms with Crippen LogP contribution in [0.3, 0.4) is 0 Å². The molecule has 2 N–H and O–H groups in total. The zero-order valence-electron chi connectivity index (χ0n) is 11.1. The van der Waals surface area contributed by atoms with Crippen LogP contribution in [-0.2, 0) is 0 Å². The number of rotatable bonds is 4. The van der Waals surface area contributed by atoms with Crippen LogP contribution in [0, 0.1) is 0 Å². The van der Waals surface area contributed by atoms with Gasteiger partial charge in [-0.15, -0.1) is 0 Å². The van der Waals surface area contributed by atoms with Crippen molar-refractivity contribution in [3.8, 4) is 0 Å². The van der Waals surface area contributed by atoms with Crippen molar-refractivity contribution >= 4 is 0 Å². The van der Waals surface area contributed by atoms with E-state index in [0.717, 1.165) is 52.1 Å². The van der Waals surface area contributed by atoms with Crippen LogP contribution in [-0.4, -0.2) is 72.9 Å². The normalized spacial score (nSPS) is 27.2. The second-order valence-electron chi connectivity index (χ2n) is 5.46. The van der Waals surface area contributed by atoms with Crippen molar-refractivity contribution in [3.05, 3.63) is 0 Å². The molecule has 0 saturated carbocycles. The summed E-state index contributed by atoms with van der Waals surface area (Å²) in [6, 6.07) is 0. The maximum atomic E-state index is 9.83. The van der Waals surface area contributed by atoms with Gasteiger partial charge in [-0.2, -0.15) is 0 Å². The Morgan fingerprint density at radius 2 is 1.76 bits per heavy atom. The molecule has 2 aliphatic heterocycles. The van der Waals surface area contributed by atoms with Crippen molar-refractivity contribution < 1.29 is 5.11 Å². The lowest BCUT2D eigenvalue weighted by Crippen LogP contribution is -2.62. The summed E-state index contributed by atoms with van der Waals surface area (Å²) in [4.78, 5) is 5.06. The number of piperazine rings is 1. The third kappa shape index (κ3) is 2.99. The van der Waals surface area contributed by atoms with Gasteiger partial charge in [0.2, 0.25) is 0 Å². The van der Waals surface area contributed by atoms with Gasteiger partial charge in [-0.3, -0.25) is 4.90 Å². The van der Waals surface area contributed by atoms with E-state index in [4.69, 9.17) is 0 Å². The number of aliphatic hydroxyl groups excluding tert-OH is 1. The molecule has 2 rings (SSSR count). The van der Waals surface area contributed by atoms with Crippen molar-refractivity contribution in [3.63, 3.8) is 0 Å². The first-order chi connectivity index (χ1) is 8.30. The Hall–Kier alpha value is -0.160. The van der Waals surface area contributed by atoms with Gasteiger partial charge in [-0.1, -0.05) is 6.92 Å². The molecule has 2 heterocycles. The van der Waals surface area contributed by atoms with Gasteiger partial charge in [0.1, 0.15) is 0 Å². The van der Waals surface area contributed by atoms with Gasteiger partial charge >= 0.3 is 0 Å². The lowest BCUT2D eigenvalue weighted by atomic mass is 9.85. The fourth-order valence-corrected chi connectivity index (χ4v) is 3.22. The lowest BCUT2D eigenvalue weighted by Gasteiger charge is -2.49. The molecule has 4 heteroatoms. The fraction of sp³-hybridized carbons (Fsp3) is 1.00. The van der Waals surface area contributed by atoms with Crippen LogP contribution in [0.15, 0.2) is 0 Å². The Morgan fingerprint density at radius 1 is 1.12 bits per heavy atom. The molecular formula is C13H27N3O. The monoisotopic (exact) mass is 241 g/mol. The Labute approximate surface area is 105 Å². The minimum atomic E-state index is 0.0757. The highest BCUT2D eigenvalue weighted by Gasteiger charge is 2.39. The molecule has 0 aromatic heterocycles. The Bertz CT molecular complexity index is 221. The van der Waals surface area contributed by atoms with Crippen LogP contribution in [0.4, 0.5) is 0 Å². The number of nitrogens with one attached hydrogen (secondary N) is 1. The predicted molar refractivity (Wildman–Crippen MR) is 70.2 cm³/mol. The second kappa shape index (κ2) is 6.14. The number of hydrogen-bond donors (Lipinski definition) is 2. The molecule has 0 aromatic carbocycles. The molecule has 0 radical (unpaired) electrons. The van der Waals surface area contributed by atoms with Crippen molar-refractivity contribution in [2.45, 2.75) is 31.7 Å². The van der Waals surface area contributed by atoms with E-state index >= 15 is 0 Å². The van der Waals surface area contributed by atoms with E-state index in [9.17, 15) is 5.11 Å². The molecule has 17 heavy (non-hydrogen) atoms. The quantitative estimate of drug-likeness (QED) is 0.734. The van der Waals surface area contributed by atoms with E-state index in [-0.39, 0.29) is 5.54 Å². The van der Waals surface area contributed by atoms with Gasteiger partial charge in [-0.05, 0) is 38.9 Å². The van der Waals surface area contributed by atoms with Crippen molar-refractivity contribution in [2.75, 3.05) is 52.4 Å². The molecule has 2 aliphatic rings. The molecule has 100 valence electrons. The minimum Gasteiger partial charge on any atom is -0.394 e. The van der Waals surface area contributed by atoms with Crippen LogP contribution in [0.5, 0.6) is 0 Å². The Kier molecular flexibility index (Phi) is 4.79. The third-order valence-electron chi connectivity index (χ3n) is 4.41. The maximum Gasteiger partial charge on any atom is 0.0616 e. The molecule has 2 saturated heterocycles. The topological polar surface area (TPSA) is 38.7 Å². The number of hydrogen-bond acceptors (Lipinski definition) is 4. The molecule has 0 aromatic rings. The number of likely N-dealkylation sites (tertiary alicyclic amines) is 1. The molecule has 0 atom stereocenters. The van der Waals surface area contributed by atoms with Gasteiger partial charge in [0.05, 0.1) is 6.61 Å². The van der Waals surface area contributed by atoms with Gasteiger partial charge in [0.25, 0.3) is 0 Å². The summed E-state index contributed by atoms with van der Waals surface area (Å²) < 4.78 is 0. The van der Waals surface area contributed by atoms with E-state index in [1.165, 1.54) is 13.0 Å². The number of nitrogens with zero attached hydrogens (tertiary/aromatic N) is 2. The van der Waals surface area contributed by atoms with E-state index in [2.05, 4.69) is 22.0 Å². The molecule has 0 unspecified atom stereocenters. The van der Waals surface area contributed by atoms with E-state index < -0.39 is 0 Å². The Morgan fingerprint density at radius 3 is 2.29 bits per heavy atom. The van der Waals surface area contributed by atoms with Crippen molar-refractivity contribution in [1.29, 1.82) is 0 Å². The standard InChI is InChI=1S/C13H27N3O/c1-2-7-15-8-3-13(12-17,4-9-15)16-10-5-14-6-11-16/h14,17H,2-12H2,1H3. The molecule has 2 fully saturated rings. The van der Waals surface area contributed by atoms with Gasteiger partial charge in [-0.25, -0.2) is 0 Å². The van der Waals surface area contributed by atoms with Crippen LogP contribution in [0.2, 0.25) is 0 Å². The van der Waals surface area contributed by atoms with E-state index in [1.54, 1.807) is 0 Å². The fourth-order valence-electron chi connectivity index (χ4n) is 3.22. The van der Waals surface area contributed by atoms with Crippen molar-refractivity contribution in [1.82, 2.24) is 15.1 Å². The first kappa shape index (κ1) is 13.3. The lowest BCUT2D eigenvalue weighted by molar-refractivity contribution is -0.0251.